The number of nitrogens with one attached hydrogen (secondary N) is 1. The van der Waals surface area contributed by atoms with E-state index < -0.39 is 0 Å². The molecule has 1 heterocycles. The molecular formula is C14H13ClN2O2S. The van der Waals surface area contributed by atoms with Crippen LogP contribution in [-0.4, -0.2) is 10.9 Å². The second-order valence-electron chi connectivity index (χ2n) is 4.34. The smallest absolute Gasteiger partial charge is 0.259 e. The number of hydrogen-bond acceptors (Lipinski definition) is 3. The standard InChI is InChI=1S/C14H13ClN2O2S/c1-7-5-10(8(2)19-7)14(18)17-12-6-9(13(16)20)3-4-11(12)15/h3-6H,1-2H3,(H2,16,20)(H,17,18). The van der Waals surface area contributed by atoms with Crippen LogP contribution >= 0.6 is 23.8 Å². The van der Waals surface area contributed by atoms with E-state index in [-0.39, 0.29) is 10.9 Å². The molecule has 0 spiro atoms. The number of carbonyl (C=O) groups is 1. The fourth-order valence-electron chi connectivity index (χ4n) is 1.82. The minimum atomic E-state index is -0.290. The van der Waals surface area contributed by atoms with Crippen molar-refractivity contribution in [2.45, 2.75) is 13.8 Å². The van der Waals surface area contributed by atoms with E-state index in [9.17, 15) is 4.79 Å². The molecule has 0 aliphatic heterocycles. The van der Waals surface area contributed by atoms with Crippen molar-refractivity contribution in [2.24, 2.45) is 5.73 Å². The van der Waals surface area contributed by atoms with Crippen molar-refractivity contribution in [3.8, 4) is 0 Å². The largest absolute Gasteiger partial charge is 0.466 e. The molecule has 104 valence electrons. The van der Waals surface area contributed by atoms with Gasteiger partial charge in [-0.05, 0) is 32.0 Å². The first-order chi connectivity index (χ1) is 9.38. The molecule has 0 saturated carbocycles. The van der Waals surface area contributed by atoms with E-state index in [1.54, 1.807) is 38.1 Å². The number of carbonyl (C=O) groups excluding carboxylic acids is 1. The summed E-state index contributed by atoms with van der Waals surface area (Å²) in [6.07, 6.45) is 0. The predicted molar refractivity (Wildman–Crippen MR) is 83.5 cm³/mol. The summed E-state index contributed by atoms with van der Waals surface area (Å²) < 4.78 is 5.33. The van der Waals surface area contributed by atoms with Gasteiger partial charge in [-0.1, -0.05) is 29.9 Å². The molecule has 1 amide bonds. The van der Waals surface area contributed by atoms with Crippen LogP contribution in [0.4, 0.5) is 5.69 Å². The third-order valence-corrected chi connectivity index (χ3v) is 3.35. The fourth-order valence-corrected chi connectivity index (χ4v) is 2.11. The first kappa shape index (κ1) is 14.6. The number of hydrogen-bond donors (Lipinski definition) is 2. The molecular weight excluding hydrogens is 296 g/mol. The maximum atomic E-state index is 12.2. The van der Waals surface area contributed by atoms with Gasteiger partial charge in [-0.2, -0.15) is 0 Å². The van der Waals surface area contributed by atoms with Gasteiger partial charge in [0.1, 0.15) is 16.5 Å². The summed E-state index contributed by atoms with van der Waals surface area (Å²) in [5, 5.41) is 3.14. The molecule has 4 nitrogen and oxygen atoms in total. The van der Waals surface area contributed by atoms with Crippen molar-refractivity contribution in [1.82, 2.24) is 0 Å². The Bertz CT molecular complexity index is 694. The van der Waals surface area contributed by atoms with Crippen molar-refractivity contribution in [3.05, 3.63) is 51.9 Å². The SMILES string of the molecule is Cc1cc(C(=O)Nc2cc(C(N)=S)ccc2Cl)c(C)o1. The number of halogens is 1. The minimum Gasteiger partial charge on any atom is -0.466 e. The van der Waals surface area contributed by atoms with E-state index in [1.807, 2.05) is 0 Å². The van der Waals surface area contributed by atoms with E-state index in [0.29, 0.717) is 33.4 Å². The highest BCUT2D eigenvalue weighted by molar-refractivity contribution is 7.80. The summed E-state index contributed by atoms with van der Waals surface area (Å²) in [5.74, 6) is 0.943. The number of thiocarbonyl (C=S) groups is 1. The Labute approximate surface area is 126 Å². The van der Waals surface area contributed by atoms with Gasteiger partial charge in [0.2, 0.25) is 0 Å². The lowest BCUT2D eigenvalue weighted by Crippen LogP contribution is -2.14. The van der Waals surface area contributed by atoms with Crippen LogP contribution in [0.2, 0.25) is 5.02 Å². The zero-order valence-electron chi connectivity index (χ0n) is 11.0. The first-order valence-corrected chi connectivity index (χ1v) is 6.65. The normalized spacial score (nSPS) is 10.3. The molecule has 2 rings (SSSR count). The van der Waals surface area contributed by atoms with Crippen LogP contribution in [-0.2, 0) is 0 Å². The van der Waals surface area contributed by atoms with Gasteiger partial charge in [-0.25, -0.2) is 0 Å². The molecule has 1 aromatic carbocycles. The average molecular weight is 309 g/mol. The molecule has 1 aromatic heterocycles. The maximum Gasteiger partial charge on any atom is 0.259 e. The molecule has 0 bridgehead atoms. The van der Waals surface area contributed by atoms with Gasteiger partial charge in [0.25, 0.3) is 5.91 Å². The van der Waals surface area contributed by atoms with Crippen molar-refractivity contribution in [1.29, 1.82) is 0 Å². The van der Waals surface area contributed by atoms with Gasteiger partial charge in [0.15, 0.2) is 0 Å². The van der Waals surface area contributed by atoms with Crippen LogP contribution in [0, 0.1) is 13.8 Å². The second-order valence-corrected chi connectivity index (χ2v) is 5.19. The molecule has 6 heteroatoms. The summed E-state index contributed by atoms with van der Waals surface area (Å²) in [7, 11) is 0. The molecule has 3 N–H and O–H groups in total. The average Bonchev–Trinajstić information content (AvgIpc) is 2.71. The van der Waals surface area contributed by atoms with Gasteiger partial charge in [0.05, 0.1) is 16.3 Å². The zero-order valence-corrected chi connectivity index (χ0v) is 12.6. The molecule has 2 aromatic rings. The lowest BCUT2D eigenvalue weighted by atomic mass is 10.2. The Kier molecular flexibility index (Phi) is 4.11. The van der Waals surface area contributed by atoms with Crippen molar-refractivity contribution < 1.29 is 9.21 Å². The number of nitrogens with two attached hydrogens (primary N) is 1. The maximum absolute atomic E-state index is 12.2. The number of benzene rings is 1. The third kappa shape index (κ3) is 3.00. The van der Waals surface area contributed by atoms with E-state index in [2.05, 4.69) is 5.32 Å². The highest BCUT2D eigenvalue weighted by atomic mass is 35.5. The van der Waals surface area contributed by atoms with Crippen LogP contribution in [0.15, 0.2) is 28.7 Å². The molecule has 0 aliphatic carbocycles. The summed E-state index contributed by atoms with van der Waals surface area (Å²) in [4.78, 5) is 12.4. The van der Waals surface area contributed by atoms with Gasteiger partial charge in [-0.15, -0.1) is 0 Å². The molecule has 0 fully saturated rings. The summed E-state index contributed by atoms with van der Waals surface area (Å²) in [6.45, 7) is 3.51. The Morgan fingerprint density at radius 1 is 1.35 bits per heavy atom. The Morgan fingerprint density at radius 2 is 2.05 bits per heavy atom. The van der Waals surface area contributed by atoms with E-state index in [0.717, 1.165) is 0 Å². The second kappa shape index (κ2) is 5.64. The first-order valence-electron chi connectivity index (χ1n) is 5.86. The van der Waals surface area contributed by atoms with Crippen molar-refractivity contribution in [2.75, 3.05) is 5.32 Å². The van der Waals surface area contributed by atoms with Crippen molar-refractivity contribution in [3.63, 3.8) is 0 Å². The number of amides is 1. The van der Waals surface area contributed by atoms with Gasteiger partial charge in [-0.3, -0.25) is 4.79 Å². The van der Waals surface area contributed by atoms with E-state index >= 15 is 0 Å². The Balaban J connectivity index is 2.30. The van der Waals surface area contributed by atoms with Gasteiger partial charge in [0, 0.05) is 5.56 Å². The lowest BCUT2D eigenvalue weighted by Gasteiger charge is -2.08. The third-order valence-electron chi connectivity index (χ3n) is 2.78. The van der Waals surface area contributed by atoms with Gasteiger partial charge >= 0.3 is 0 Å². The van der Waals surface area contributed by atoms with Crippen LogP contribution < -0.4 is 11.1 Å². The molecule has 0 atom stereocenters. The highest BCUT2D eigenvalue weighted by Gasteiger charge is 2.15. The molecule has 0 saturated heterocycles. The zero-order chi connectivity index (χ0) is 14.9. The van der Waals surface area contributed by atoms with E-state index in [4.69, 9.17) is 34.0 Å². The van der Waals surface area contributed by atoms with Crippen LogP contribution in [0.25, 0.3) is 0 Å². The van der Waals surface area contributed by atoms with Gasteiger partial charge < -0.3 is 15.5 Å². The number of rotatable bonds is 3. The highest BCUT2D eigenvalue weighted by Crippen LogP contribution is 2.24. The lowest BCUT2D eigenvalue weighted by molar-refractivity contribution is 0.102. The molecule has 0 unspecified atom stereocenters. The Morgan fingerprint density at radius 3 is 2.60 bits per heavy atom. The topological polar surface area (TPSA) is 68.3 Å². The summed E-state index contributed by atoms with van der Waals surface area (Å²) >= 11 is 11.0. The number of aryl methyl sites for hydroxylation is 2. The quantitative estimate of drug-likeness (QED) is 0.852. The van der Waals surface area contributed by atoms with Crippen LogP contribution in [0.1, 0.15) is 27.4 Å². The molecule has 0 aliphatic rings. The summed E-state index contributed by atoms with van der Waals surface area (Å²) in [6, 6.07) is 6.66. The van der Waals surface area contributed by atoms with Crippen LogP contribution in [0.5, 0.6) is 0 Å². The van der Waals surface area contributed by atoms with E-state index in [1.165, 1.54) is 0 Å². The van der Waals surface area contributed by atoms with Crippen molar-refractivity contribution >= 4 is 40.4 Å². The summed E-state index contributed by atoms with van der Waals surface area (Å²) in [5.41, 5.74) is 7.13. The van der Waals surface area contributed by atoms with Crippen LogP contribution in [0.3, 0.4) is 0 Å². The predicted octanol–water partition coefficient (Wildman–Crippen LogP) is 3.44. The fraction of sp³-hybridized carbons (Fsp3) is 0.143. The molecule has 20 heavy (non-hydrogen) atoms. The number of furan rings is 1. The Hall–Kier alpha value is -1.85. The minimum absolute atomic E-state index is 0.243. The number of anilines is 1. The monoisotopic (exact) mass is 308 g/mol. The molecule has 0 radical (unpaired) electrons.